The fourth-order valence-corrected chi connectivity index (χ4v) is 1.30. The number of hydrogen-bond acceptors (Lipinski definition) is 4. The third-order valence-corrected chi connectivity index (χ3v) is 2.54. The number of nitrogens with one attached hydrogen (secondary N) is 1. The number of rotatable bonds is 5. The first-order valence-electron chi connectivity index (χ1n) is 5.09. The molecule has 94 valence electrons. The van der Waals surface area contributed by atoms with E-state index in [9.17, 15) is 4.79 Å². The molecule has 0 saturated carbocycles. The number of anilines is 1. The second-order valence-corrected chi connectivity index (χ2v) is 4.94. The molecule has 0 saturated heterocycles. The number of aliphatic hydroxyl groups is 1. The fraction of sp³-hybridized carbons (Fsp3) is 0.455. The maximum absolute atomic E-state index is 10.7. The van der Waals surface area contributed by atoms with E-state index in [4.69, 9.17) is 21.8 Å². The number of hydrogen-bond donors (Lipinski definition) is 3. The highest BCUT2D eigenvalue weighted by molar-refractivity contribution is 6.33. The molecule has 0 aromatic carbocycles. The van der Waals surface area contributed by atoms with Gasteiger partial charge in [0.15, 0.2) is 0 Å². The lowest BCUT2D eigenvalue weighted by atomic mass is 9.95. The fourth-order valence-electron chi connectivity index (χ4n) is 1.06. The Kier molecular flexibility index (Phi) is 4.31. The van der Waals surface area contributed by atoms with Gasteiger partial charge in [-0.05, 0) is 6.07 Å². The molecular weight excluding hydrogens is 244 g/mol. The van der Waals surface area contributed by atoms with Crippen molar-refractivity contribution in [2.75, 3.05) is 18.5 Å². The molecule has 0 fully saturated rings. The molecular formula is C11H15ClN2O3. The van der Waals surface area contributed by atoms with Gasteiger partial charge in [0.1, 0.15) is 5.82 Å². The second kappa shape index (κ2) is 5.33. The van der Waals surface area contributed by atoms with E-state index in [1.165, 1.54) is 12.3 Å². The standard InChI is InChI=1S/C11H15ClN2O3/c1-11(2,6-15)5-14-9-8(12)3-7(4-13-9)10(16)17/h3-4,15H,5-6H2,1-2H3,(H,13,14)(H,16,17). The Balaban J connectivity index is 2.77. The van der Waals surface area contributed by atoms with E-state index < -0.39 is 5.97 Å². The molecule has 0 atom stereocenters. The minimum absolute atomic E-state index is 0.0326. The number of carboxylic acids is 1. The topological polar surface area (TPSA) is 82.5 Å². The van der Waals surface area contributed by atoms with Crippen LogP contribution < -0.4 is 5.32 Å². The van der Waals surface area contributed by atoms with Crippen LogP contribution in [0.2, 0.25) is 5.02 Å². The van der Waals surface area contributed by atoms with Crippen LogP contribution in [0.15, 0.2) is 12.3 Å². The van der Waals surface area contributed by atoms with Crippen molar-refractivity contribution in [2.24, 2.45) is 5.41 Å². The van der Waals surface area contributed by atoms with Crippen LogP contribution in [0.4, 0.5) is 5.82 Å². The van der Waals surface area contributed by atoms with Gasteiger partial charge in [0.2, 0.25) is 0 Å². The summed E-state index contributed by atoms with van der Waals surface area (Å²) in [7, 11) is 0. The number of aromatic nitrogens is 1. The highest BCUT2D eigenvalue weighted by atomic mass is 35.5. The summed E-state index contributed by atoms with van der Waals surface area (Å²) >= 11 is 5.89. The van der Waals surface area contributed by atoms with Crippen LogP contribution in [0.1, 0.15) is 24.2 Å². The average Bonchev–Trinajstić information content (AvgIpc) is 2.27. The molecule has 0 aliphatic rings. The number of aliphatic hydroxyl groups excluding tert-OH is 1. The highest BCUT2D eigenvalue weighted by Gasteiger charge is 2.17. The van der Waals surface area contributed by atoms with Crippen LogP contribution in [0, 0.1) is 5.41 Å². The molecule has 1 aromatic rings. The SMILES string of the molecule is CC(C)(CO)CNc1ncc(C(=O)O)cc1Cl. The zero-order valence-corrected chi connectivity index (χ0v) is 10.5. The monoisotopic (exact) mass is 258 g/mol. The summed E-state index contributed by atoms with van der Waals surface area (Å²) in [6.45, 7) is 4.30. The molecule has 0 amide bonds. The summed E-state index contributed by atoms with van der Waals surface area (Å²) in [6.07, 6.45) is 1.24. The molecule has 0 radical (unpaired) electrons. The van der Waals surface area contributed by atoms with Gasteiger partial charge in [0, 0.05) is 24.8 Å². The van der Waals surface area contributed by atoms with Gasteiger partial charge < -0.3 is 15.5 Å². The summed E-state index contributed by atoms with van der Waals surface area (Å²) in [5.41, 5.74) is -0.252. The summed E-state index contributed by atoms with van der Waals surface area (Å²) in [5, 5.41) is 21.1. The Morgan fingerprint density at radius 2 is 2.24 bits per heavy atom. The Morgan fingerprint density at radius 3 is 2.71 bits per heavy atom. The zero-order valence-electron chi connectivity index (χ0n) is 9.70. The number of nitrogens with zero attached hydrogens (tertiary/aromatic N) is 1. The number of carboxylic acid groups (broad SMARTS) is 1. The first kappa shape index (κ1) is 13.7. The zero-order chi connectivity index (χ0) is 13.1. The molecule has 3 N–H and O–H groups in total. The van der Waals surface area contributed by atoms with E-state index in [0.717, 1.165) is 0 Å². The van der Waals surface area contributed by atoms with Crippen LogP contribution in [0.5, 0.6) is 0 Å². The molecule has 17 heavy (non-hydrogen) atoms. The second-order valence-electron chi connectivity index (χ2n) is 4.54. The number of aromatic carboxylic acids is 1. The van der Waals surface area contributed by atoms with Crippen molar-refractivity contribution in [3.05, 3.63) is 22.8 Å². The Labute approximate surface area is 104 Å². The van der Waals surface area contributed by atoms with Crippen molar-refractivity contribution in [1.29, 1.82) is 0 Å². The minimum Gasteiger partial charge on any atom is -0.478 e. The largest absolute Gasteiger partial charge is 0.478 e. The van der Waals surface area contributed by atoms with Crippen molar-refractivity contribution >= 4 is 23.4 Å². The van der Waals surface area contributed by atoms with Gasteiger partial charge in [-0.3, -0.25) is 0 Å². The molecule has 1 rings (SSSR count). The van der Waals surface area contributed by atoms with Crippen molar-refractivity contribution in [1.82, 2.24) is 4.98 Å². The van der Waals surface area contributed by atoms with Crippen LogP contribution >= 0.6 is 11.6 Å². The quantitative estimate of drug-likeness (QED) is 0.751. The van der Waals surface area contributed by atoms with E-state index in [1.54, 1.807) is 0 Å². The van der Waals surface area contributed by atoms with Crippen molar-refractivity contribution in [2.45, 2.75) is 13.8 Å². The summed E-state index contributed by atoms with van der Waals surface area (Å²) in [5.74, 6) is -0.653. The van der Waals surface area contributed by atoms with E-state index in [-0.39, 0.29) is 22.6 Å². The summed E-state index contributed by atoms with van der Waals surface area (Å²) < 4.78 is 0. The maximum atomic E-state index is 10.7. The lowest BCUT2D eigenvalue weighted by molar-refractivity contribution is 0.0696. The highest BCUT2D eigenvalue weighted by Crippen LogP contribution is 2.22. The summed E-state index contributed by atoms with van der Waals surface area (Å²) in [4.78, 5) is 14.6. The first-order valence-corrected chi connectivity index (χ1v) is 5.47. The van der Waals surface area contributed by atoms with Crippen LogP contribution in [0.3, 0.4) is 0 Å². The van der Waals surface area contributed by atoms with E-state index >= 15 is 0 Å². The van der Waals surface area contributed by atoms with Crippen molar-refractivity contribution < 1.29 is 15.0 Å². The molecule has 1 aromatic heterocycles. The molecule has 0 aliphatic heterocycles. The number of halogens is 1. The Bertz CT molecular complexity index is 421. The lowest BCUT2D eigenvalue weighted by Gasteiger charge is -2.22. The van der Waals surface area contributed by atoms with Gasteiger partial charge in [-0.1, -0.05) is 25.4 Å². The smallest absolute Gasteiger partial charge is 0.337 e. The van der Waals surface area contributed by atoms with Gasteiger partial charge >= 0.3 is 5.97 Å². The molecule has 5 nitrogen and oxygen atoms in total. The predicted molar refractivity (Wildman–Crippen MR) is 65.6 cm³/mol. The van der Waals surface area contributed by atoms with Crippen LogP contribution in [-0.4, -0.2) is 34.3 Å². The predicted octanol–water partition coefficient (Wildman–Crippen LogP) is 1.86. The number of pyridine rings is 1. The third kappa shape index (κ3) is 3.87. The molecule has 6 heteroatoms. The normalized spacial score (nSPS) is 11.3. The van der Waals surface area contributed by atoms with E-state index in [2.05, 4.69) is 10.3 Å². The average molecular weight is 259 g/mol. The minimum atomic E-state index is -1.07. The molecule has 0 aliphatic carbocycles. The number of carbonyl (C=O) groups is 1. The molecule has 1 heterocycles. The van der Waals surface area contributed by atoms with Crippen LogP contribution in [-0.2, 0) is 0 Å². The van der Waals surface area contributed by atoms with Crippen molar-refractivity contribution in [3.63, 3.8) is 0 Å². The van der Waals surface area contributed by atoms with Gasteiger partial charge in [-0.2, -0.15) is 0 Å². The molecule has 0 unspecified atom stereocenters. The van der Waals surface area contributed by atoms with Gasteiger partial charge in [0.05, 0.1) is 10.6 Å². The van der Waals surface area contributed by atoms with Gasteiger partial charge in [-0.15, -0.1) is 0 Å². The van der Waals surface area contributed by atoms with E-state index in [0.29, 0.717) is 12.4 Å². The van der Waals surface area contributed by atoms with Crippen LogP contribution in [0.25, 0.3) is 0 Å². The van der Waals surface area contributed by atoms with Crippen molar-refractivity contribution in [3.8, 4) is 0 Å². The summed E-state index contributed by atoms with van der Waals surface area (Å²) in [6, 6.07) is 1.34. The third-order valence-electron chi connectivity index (χ3n) is 2.25. The van der Waals surface area contributed by atoms with Gasteiger partial charge in [-0.25, -0.2) is 9.78 Å². The Morgan fingerprint density at radius 1 is 1.59 bits per heavy atom. The van der Waals surface area contributed by atoms with E-state index in [1.807, 2.05) is 13.8 Å². The van der Waals surface area contributed by atoms with Gasteiger partial charge in [0.25, 0.3) is 0 Å². The Hall–Kier alpha value is -1.33. The first-order chi connectivity index (χ1) is 7.85. The maximum Gasteiger partial charge on any atom is 0.337 e. The molecule has 0 bridgehead atoms. The lowest BCUT2D eigenvalue weighted by Crippen LogP contribution is -2.27. The molecule has 0 spiro atoms.